The van der Waals surface area contributed by atoms with Gasteiger partial charge in [-0.3, -0.25) is 14.4 Å². The first-order valence-corrected chi connectivity index (χ1v) is 11.3. The number of phenols is 1. The summed E-state index contributed by atoms with van der Waals surface area (Å²) in [4.78, 5) is 49.8. The molecule has 0 aromatic heterocycles. The molecule has 1 aromatic carbocycles. The van der Waals surface area contributed by atoms with Crippen LogP contribution in [0.25, 0.3) is 0 Å². The Balaban J connectivity index is 3.02. The van der Waals surface area contributed by atoms with Crippen LogP contribution >= 0.6 is 0 Å². The first-order valence-electron chi connectivity index (χ1n) is 11.3. The standard InChI is InChI=1S/C23H36N4O8/c1-5-11(2)18(26-22(33)19(13(4)29)27-20(31)17(24)12(3)28)21(32)25-16(23(34)35)10-14-6-8-15(30)9-7-14/h6-9,11-13,16-19,28-30H,5,10,24H2,1-4H3,(H,25,32)(H,26,33)(H,27,31)(H,34,35). The Bertz CT molecular complexity index is 875. The molecule has 0 bridgehead atoms. The van der Waals surface area contributed by atoms with Gasteiger partial charge in [0.15, 0.2) is 0 Å². The summed E-state index contributed by atoms with van der Waals surface area (Å²) in [6.45, 7) is 6.01. The van der Waals surface area contributed by atoms with E-state index in [9.17, 15) is 39.6 Å². The number of aliphatic carboxylic acids is 1. The number of aliphatic hydroxyl groups is 2. The van der Waals surface area contributed by atoms with Crippen LogP contribution in [0.3, 0.4) is 0 Å². The Labute approximate surface area is 203 Å². The van der Waals surface area contributed by atoms with Crippen molar-refractivity contribution in [1.29, 1.82) is 0 Å². The largest absolute Gasteiger partial charge is 0.508 e. The lowest BCUT2D eigenvalue weighted by atomic mass is 9.96. The zero-order chi connectivity index (χ0) is 26.9. The van der Waals surface area contributed by atoms with Crippen LogP contribution in [0, 0.1) is 5.92 Å². The van der Waals surface area contributed by atoms with E-state index < -0.39 is 66.0 Å². The summed E-state index contributed by atoms with van der Waals surface area (Å²) < 4.78 is 0. The number of nitrogens with one attached hydrogen (secondary N) is 3. The number of aliphatic hydroxyl groups excluding tert-OH is 2. The van der Waals surface area contributed by atoms with Crippen LogP contribution in [0.15, 0.2) is 24.3 Å². The third kappa shape index (κ3) is 9.15. The minimum Gasteiger partial charge on any atom is -0.508 e. The molecule has 9 N–H and O–H groups in total. The summed E-state index contributed by atoms with van der Waals surface area (Å²) in [5.74, 6) is -4.20. The number of carboxylic acid groups (broad SMARTS) is 1. The van der Waals surface area contributed by atoms with Gasteiger partial charge in [0, 0.05) is 6.42 Å². The van der Waals surface area contributed by atoms with E-state index in [2.05, 4.69) is 16.0 Å². The van der Waals surface area contributed by atoms with Crippen LogP contribution in [-0.2, 0) is 25.6 Å². The minimum atomic E-state index is -1.47. The molecule has 1 rings (SSSR count). The highest BCUT2D eigenvalue weighted by atomic mass is 16.4. The molecule has 12 nitrogen and oxygen atoms in total. The van der Waals surface area contributed by atoms with E-state index in [-0.39, 0.29) is 12.2 Å². The van der Waals surface area contributed by atoms with Gasteiger partial charge in [0.2, 0.25) is 17.7 Å². The Morgan fingerprint density at radius 2 is 1.37 bits per heavy atom. The Kier molecular flexibility index (Phi) is 11.6. The van der Waals surface area contributed by atoms with Crippen LogP contribution in [0.5, 0.6) is 5.75 Å². The first kappa shape index (κ1) is 29.8. The van der Waals surface area contributed by atoms with Gasteiger partial charge in [0.25, 0.3) is 0 Å². The first-order chi connectivity index (χ1) is 16.3. The zero-order valence-electron chi connectivity index (χ0n) is 20.3. The van der Waals surface area contributed by atoms with Gasteiger partial charge in [-0.15, -0.1) is 0 Å². The molecule has 0 fully saturated rings. The second-order valence-electron chi connectivity index (χ2n) is 8.64. The van der Waals surface area contributed by atoms with E-state index in [1.54, 1.807) is 13.8 Å². The van der Waals surface area contributed by atoms with Gasteiger partial charge in [-0.1, -0.05) is 32.4 Å². The molecule has 0 heterocycles. The second-order valence-corrected chi connectivity index (χ2v) is 8.64. The number of phenolic OH excluding ortho intramolecular Hbond substituents is 1. The predicted molar refractivity (Wildman–Crippen MR) is 126 cm³/mol. The molecule has 196 valence electrons. The maximum absolute atomic E-state index is 13.0. The number of hydrogen-bond donors (Lipinski definition) is 8. The number of hydrogen-bond acceptors (Lipinski definition) is 8. The molecular weight excluding hydrogens is 460 g/mol. The fraction of sp³-hybridized carbons (Fsp3) is 0.565. The average Bonchev–Trinajstić information content (AvgIpc) is 2.79. The van der Waals surface area contributed by atoms with Crippen molar-refractivity contribution in [2.75, 3.05) is 0 Å². The average molecular weight is 497 g/mol. The predicted octanol–water partition coefficient (Wildman–Crippen LogP) is -1.39. The molecule has 0 aliphatic rings. The molecule has 0 aliphatic heterocycles. The molecule has 0 aliphatic carbocycles. The quantitative estimate of drug-likeness (QED) is 0.161. The van der Waals surface area contributed by atoms with Crippen molar-refractivity contribution < 1.29 is 39.6 Å². The third-order valence-electron chi connectivity index (χ3n) is 5.67. The number of rotatable bonds is 13. The summed E-state index contributed by atoms with van der Waals surface area (Å²) in [5, 5.41) is 45.7. The summed E-state index contributed by atoms with van der Waals surface area (Å²) in [6, 6.07) is 0.550. The highest BCUT2D eigenvalue weighted by Crippen LogP contribution is 2.13. The van der Waals surface area contributed by atoms with E-state index in [4.69, 9.17) is 5.73 Å². The summed E-state index contributed by atoms with van der Waals surface area (Å²) in [7, 11) is 0. The fourth-order valence-electron chi connectivity index (χ4n) is 3.15. The SMILES string of the molecule is CCC(C)C(NC(=O)C(NC(=O)C(N)C(C)O)C(C)O)C(=O)NC(Cc1ccc(O)cc1)C(=O)O. The molecule has 0 saturated carbocycles. The number of carbonyl (C=O) groups excluding carboxylic acids is 3. The smallest absolute Gasteiger partial charge is 0.326 e. The summed E-state index contributed by atoms with van der Waals surface area (Å²) >= 11 is 0. The van der Waals surface area contributed by atoms with Crippen molar-refractivity contribution in [3.63, 3.8) is 0 Å². The highest BCUT2D eigenvalue weighted by molar-refractivity contribution is 5.94. The van der Waals surface area contributed by atoms with Gasteiger partial charge in [-0.25, -0.2) is 4.79 Å². The van der Waals surface area contributed by atoms with Gasteiger partial charge in [-0.2, -0.15) is 0 Å². The Hall–Kier alpha value is -3.22. The molecule has 7 unspecified atom stereocenters. The minimum absolute atomic E-state index is 0.0124. The molecular formula is C23H36N4O8. The van der Waals surface area contributed by atoms with Crippen molar-refractivity contribution in [3.05, 3.63) is 29.8 Å². The van der Waals surface area contributed by atoms with Crippen LogP contribution in [0.1, 0.15) is 39.7 Å². The second kappa shape index (κ2) is 13.6. The van der Waals surface area contributed by atoms with E-state index in [1.807, 2.05) is 0 Å². The number of amides is 3. The number of nitrogens with two attached hydrogens (primary N) is 1. The van der Waals surface area contributed by atoms with Crippen molar-refractivity contribution in [2.24, 2.45) is 11.7 Å². The lowest BCUT2D eigenvalue weighted by Crippen LogP contribution is -2.61. The van der Waals surface area contributed by atoms with Crippen LogP contribution in [0.2, 0.25) is 0 Å². The van der Waals surface area contributed by atoms with E-state index in [1.165, 1.54) is 38.1 Å². The van der Waals surface area contributed by atoms with Crippen molar-refractivity contribution in [3.8, 4) is 5.75 Å². The normalized spacial score (nSPS) is 17.1. The fourth-order valence-corrected chi connectivity index (χ4v) is 3.15. The molecule has 1 aromatic rings. The maximum atomic E-state index is 13.0. The van der Waals surface area contributed by atoms with E-state index >= 15 is 0 Å². The van der Waals surface area contributed by atoms with E-state index in [0.29, 0.717) is 12.0 Å². The number of aromatic hydroxyl groups is 1. The highest BCUT2D eigenvalue weighted by Gasteiger charge is 2.34. The Morgan fingerprint density at radius 1 is 0.857 bits per heavy atom. The number of carbonyl (C=O) groups is 4. The summed E-state index contributed by atoms with van der Waals surface area (Å²) in [5.41, 5.74) is 6.13. The topological polar surface area (TPSA) is 211 Å². The van der Waals surface area contributed by atoms with Crippen molar-refractivity contribution in [2.45, 2.75) is 76.9 Å². The molecule has 12 heteroatoms. The van der Waals surface area contributed by atoms with Crippen LogP contribution in [0.4, 0.5) is 0 Å². The molecule has 3 amide bonds. The monoisotopic (exact) mass is 496 g/mol. The van der Waals surface area contributed by atoms with Gasteiger partial charge >= 0.3 is 5.97 Å². The third-order valence-corrected chi connectivity index (χ3v) is 5.67. The van der Waals surface area contributed by atoms with Gasteiger partial charge in [-0.05, 0) is 37.5 Å². The summed E-state index contributed by atoms with van der Waals surface area (Å²) in [6.07, 6.45) is -2.17. The lowest BCUT2D eigenvalue weighted by molar-refractivity contribution is -0.142. The Morgan fingerprint density at radius 3 is 1.83 bits per heavy atom. The number of carboxylic acids is 1. The maximum Gasteiger partial charge on any atom is 0.326 e. The number of benzene rings is 1. The lowest BCUT2D eigenvalue weighted by Gasteiger charge is -2.29. The molecule has 0 saturated heterocycles. The van der Waals surface area contributed by atoms with Gasteiger partial charge < -0.3 is 42.1 Å². The molecule has 7 atom stereocenters. The van der Waals surface area contributed by atoms with Crippen LogP contribution < -0.4 is 21.7 Å². The molecule has 35 heavy (non-hydrogen) atoms. The van der Waals surface area contributed by atoms with Crippen molar-refractivity contribution in [1.82, 2.24) is 16.0 Å². The zero-order valence-corrected chi connectivity index (χ0v) is 20.3. The molecule has 0 spiro atoms. The van der Waals surface area contributed by atoms with E-state index in [0.717, 1.165) is 0 Å². The molecule has 0 radical (unpaired) electrons. The van der Waals surface area contributed by atoms with Crippen molar-refractivity contribution >= 4 is 23.7 Å². The van der Waals surface area contributed by atoms with Gasteiger partial charge in [0.1, 0.15) is 29.9 Å². The van der Waals surface area contributed by atoms with Gasteiger partial charge in [0.05, 0.1) is 12.2 Å². The van der Waals surface area contributed by atoms with Crippen LogP contribution in [-0.4, -0.2) is 80.5 Å².